The van der Waals surface area contributed by atoms with Gasteiger partial charge in [-0.05, 0) is 30.5 Å². The minimum absolute atomic E-state index is 0.0628. The number of hydrogen-bond donors (Lipinski definition) is 2. The summed E-state index contributed by atoms with van der Waals surface area (Å²) in [5.74, 6) is -0.851. The minimum atomic E-state index is -0.697. The lowest BCUT2D eigenvalue weighted by Gasteiger charge is -2.26. The normalized spacial score (nSPS) is 15.8. The molecule has 5 heteroatoms. The van der Waals surface area contributed by atoms with Crippen molar-refractivity contribution in [2.24, 2.45) is 12.8 Å². The van der Waals surface area contributed by atoms with Gasteiger partial charge in [0.05, 0.1) is 11.1 Å². The lowest BCUT2D eigenvalue weighted by Crippen LogP contribution is -2.29. The molecule has 1 atom stereocenters. The number of aromatic hydroxyl groups is 1. The van der Waals surface area contributed by atoms with Crippen molar-refractivity contribution in [3.05, 3.63) is 87.3 Å². The highest BCUT2D eigenvalue weighted by Crippen LogP contribution is 2.41. The lowest BCUT2D eigenvalue weighted by molar-refractivity contribution is -0.116. The van der Waals surface area contributed by atoms with E-state index in [9.17, 15) is 14.7 Å². The van der Waals surface area contributed by atoms with Gasteiger partial charge in [0.1, 0.15) is 5.75 Å². The fourth-order valence-corrected chi connectivity index (χ4v) is 4.12. The summed E-state index contributed by atoms with van der Waals surface area (Å²) < 4.78 is 1.52. The minimum Gasteiger partial charge on any atom is -0.507 e. The molecule has 0 saturated heterocycles. The zero-order chi connectivity index (χ0) is 19.8. The maximum Gasteiger partial charge on any atom is 0.258 e. The van der Waals surface area contributed by atoms with Crippen LogP contribution in [0, 0.1) is 0 Å². The molecule has 0 bridgehead atoms. The summed E-state index contributed by atoms with van der Waals surface area (Å²) in [6.07, 6.45) is 1.71. The molecule has 142 valence electrons. The monoisotopic (exact) mass is 374 g/mol. The van der Waals surface area contributed by atoms with Gasteiger partial charge < -0.3 is 15.4 Å². The van der Waals surface area contributed by atoms with Crippen LogP contribution in [-0.2, 0) is 11.8 Å². The number of para-hydroxylation sites is 1. The van der Waals surface area contributed by atoms with Gasteiger partial charge in [0, 0.05) is 36.0 Å². The molecule has 1 aliphatic rings. The number of nitrogens with two attached hydrogens (primary N) is 1. The fraction of sp³-hybridized carbons (Fsp3) is 0.217. The first-order chi connectivity index (χ1) is 13.5. The smallest absolute Gasteiger partial charge is 0.258 e. The van der Waals surface area contributed by atoms with Gasteiger partial charge in [0.25, 0.3) is 5.56 Å². The van der Waals surface area contributed by atoms with E-state index >= 15 is 0 Å². The zero-order valence-corrected chi connectivity index (χ0v) is 15.7. The van der Waals surface area contributed by atoms with Crippen LogP contribution < -0.4 is 11.3 Å². The van der Waals surface area contributed by atoms with E-state index in [2.05, 4.69) is 0 Å². The van der Waals surface area contributed by atoms with Crippen LogP contribution in [0.4, 0.5) is 0 Å². The molecule has 2 aromatic carbocycles. The molecule has 0 spiro atoms. The second-order valence-corrected chi connectivity index (χ2v) is 7.20. The van der Waals surface area contributed by atoms with Crippen LogP contribution in [0.5, 0.6) is 5.75 Å². The molecule has 28 heavy (non-hydrogen) atoms. The maximum atomic E-state index is 13.3. The highest BCUT2D eigenvalue weighted by molar-refractivity contribution is 5.99. The Balaban J connectivity index is 2.10. The van der Waals surface area contributed by atoms with Gasteiger partial charge in [-0.15, -0.1) is 0 Å². The Labute approximate surface area is 162 Å². The number of Topliss-reactive ketones (excluding diaryl/α,β-unsaturated/α-hetero) is 1. The third-order valence-corrected chi connectivity index (χ3v) is 5.52. The summed E-state index contributed by atoms with van der Waals surface area (Å²) in [6.45, 7) is 0. The molecule has 0 saturated carbocycles. The van der Waals surface area contributed by atoms with Crippen molar-refractivity contribution < 1.29 is 9.90 Å². The van der Waals surface area contributed by atoms with Gasteiger partial charge in [-0.1, -0.05) is 42.5 Å². The molecule has 1 aliphatic carbocycles. The molecule has 1 aromatic heterocycles. The summed E-state index contributed by atoms with van der Waals surface area (Å²) >= 11 is 0. The fourth-order valence-electron chi connectivity index (χ4n) is 4.12. The Kier molecular flexibility index (Phi) is 4.51. The number of aryl methyl sites for hydroxylation is 1. The number of rotatable bonds is 3. The molecule has 0 unspecified atom stereocenters. The second-order valence-electron chi connectivity index (χ2n) is 7.20. The van der Waals surface area contributed by atoms with E-state index in [-0.39, 0.29) is 22.7 Å². The van der Waals surface area contributed by atoms with Crippen molar-refractivity contribution in [3.8, 4) is 5.75 Å². The average molecular weight is 374 g/mol. The van der Waals surface area contributed by atoms with E-state index < -0.39 is 5.92 Å². The highest BCUT2D eigenvalue weighted by Gasteiger charge is 2.33. The van der Waals surface area contributed by atoms with E-state index in [1.54, 1.807) is 19.2 Å². The van der Waals surface area contributed by atoms with E-state index in [0.717, 1.165) is 5.56 Å². The Bertz CT molecular complexity index is 1160. The summed E-state index contributed by atoms with van der Waals surface area (Å²) in [5, 5.41) is 11.7. The molecule has 4 rings (SSSR count). The topological polar surface area (TPSA) is 85.3 Å². The number of nitrogens with zero attached hydrogens (tertiary/aromatic N) is 1. The SMILES string of the molecule is Cn1c(=O)c([C@@H](C2=C(N)CCCC2=O)c2ccccc2)c(O)c2ccccc21. The molecule has 0 aliphatic heterocycles. The maximum absolute atomic E-state index is 13.3. The Morgan fingerprint density at radius 3 is 2.39 bits per heavy atom. The van der Waals surface area contributed by atoms with Crippen molar-refractivity contribution in [1.82, 2.24) is 4.57 Å². The molecular weight excluding hydrogens is 352 g/mol. The van der Waals surface area contributed by atoms with Gasteiger partial charge in [-0.25, -0.2) is 0 Å². The predicted octanol–water partition coefficient (Wildman–Crippen LogP) is 3.34. The van der Waals surface area contributed by atoms with Gasteiger partial charge in [-0.3, -0.25) is 9.59 Å². The van der Waals surface area contributed by atoms with Gasteiger partial charge in [-0.2, -0.15) is 0 Å². The van der Waals surface area contributed by atoms with Crippen LogP contribution in [0.15, 0.2) is 70.7 Å². The van der Waals surface area contributed by atoms with Crippen molar-refractivity contribution in [3.63, 3.8) is 0 Å². The van der Waals surface area contributed by atoms with Crippen molar-refractivity contribution in [2.75, 3.05) is 0 Å². The Morgan fingerprint density at radius 1 is 1.00 bits per heavy atom. The first kappa shape index (κ1) is 18.0. The van der Waals surface area contributed by atoms with E-state index in [1.807, 2.05) is 42.5 Å². The standard InChI is InChI=1S/C23H22N2O3/c1-25-17-12-6-5-10-15(17)22(27)21(23(25)28)19(14-8-3-2-4-9-14)20-16(24)11-7-13-18(20)26/h2-6,8-10,12,19,27H,7,11,13,24H2,1H3/t19-/m1/s1. The summed E-state index contributed by atoms with van der Waals surface area (Å²) in [6, 6.07) is 16.5. The van der Waals surface area contributed by atoms with Crippen LogP contribution in [0.3, 0.4) is 0 Å². The van der Waals surface area contributed by atoms with Crippen molar-refractivity contribution >= 4 is 16.7 Å². The number of ketones is 1. The second kappa shape index (κ2) is 7.00. The van der Waals surface area contributed by atoms with Gasteiger partial charge >= 0.3 is 0 Å². The molecule has 0 fully saturated rings. The predicted molar refractivity (Wildman–Crippen MR) is 109 cm³/mol. The number of carbonyl (C=O) groups excluding carboxylic acids is 1. The largest absolute Gasteiger partial charge is 0.507 e. The van der Waals surface area contributed by atoms with Crippen molar-refractivity contribution in [1.29, 1.82) is 0 Å². The first-order valence-electron chi connectivity index (χ1n) is 9.38. The summed E-state index contributed by atoms with van der Waals surface area (Å²) in [5.41, 5.74) is 8.46. The summed E-state index contributed by atoms with van der Waals surface area (Å²) in [4.78, 5) is 26.1. The average Bonchev–Trinajstić information content (AvgIpc) is 2.71. The van der Waals surface area contributed by atoms with Crippen LogP contribution in [0.2, 0.25) is 0 Å². The zero-order valence-electron chi connectivity index (χ0n) is 15.7. The highest BCUT2D eigenvalue weighted by atomic mass is 16.3. The number of carbonyl (C=O) groups is 1. The molecule has 3 N–H and O–H groups in total. The van der Waals surface area contributed by atoms with Crippen LogP contribution >= 0.6 is 0 Å². The van der Waals surface area contributed by atoms with Crippen LogP contribution in [0.25, 0.3) is 10.9 Å². The first-order valence-corrected chi connectivity index (χ1v) is 9.38. The van der Waals surface area contributed by atoms with Crippen LogP contribution in [0.1, 0.15) is 36.3 Å². The number of allylic oxidation sites excluding steroid dienone is 2. The quantitative estimate of drug-likeness (QED) is 0.736. The number of hydrogen-bond acceptors (Lipinski definition) is 4. The third-order valence-electron chi connectivity index (χ3n) is 5.52. The van der Waals surface area contributed by atoms with E-state index in [1.165, 1.54) is 4.57 Å². The molecule has 5 nitrogen and oxygen atoms in total. The number of fused-ring (bicyclic) bond motifs is 1. The number of benzene rings is 2. The van der Waals surface area contributed by atoms with Gasteiger partial charge in [0.2, 0.25) is 0 Å². The van der Waals surface area contributed by atoms with E-state index in [0.29, 0.717) is 41.4 Å². The molecular formula is C23H22N2O3. The molecule has 1 heterocycles. The molecule has 0 radical (unpaired) electrons. The van der Waals surface area contributed by atoms with Crippen LogP contribution in [-0.4, -0.2) is 15.5 Å². The number of aromatic nitrogens is 1. The Morgan fingerprint density at radius 2 is 1.68 bits per heavy atom. The Hall–Kier alpha value is -3.34. The summed E-state index contributed by atoms with van der Waals surface area (Å²) in [7, 11) is 1.68. The lowest BCUT2D eigenvalue weighted by atomic mass is 9.78. The van der Waals surface area contributed by atoms with Gasteiger partial charge in [0.15, 0.2) is 5.78 Å². The molecule has 3 aromatic rings. The third kappa shape index (κ3) is 2.80. The molecule has 0 amide bonds. The number of pyridine rings is 1. The van der Waals surface area contributed by atoms with Crippen molar-refractivity contribution in [2.45, 2.75) is 25.2 Å². The van der Waals surface area contributed by atoms with E-state index in [4.69, 9.17) is 5.73 Å².